The van der Waals surface area contributed by atoms with Crippen molar-refractivity contribution < 1.29 is 38.0 Å². The van der Waals surface area contributed by atoms with Crippen LogP contribution in [0.3, 0.4) is 0 Å². The lowest BCUT2D eigenvalue weighted by Crippen LogP contribution is -2.17. The Balaban J connectivity index is 2.36. The minimum absolute atomic E-state index is 0.136. The van der Waals surface area contributed by atoms with Crippen LogP contribution in [0.15, 0.2) is 24.3 Å². The van der Waals surface area contributed by atoms with Crippen LogP contribution in [-0.4, -0.2) is 54.2 Å². The van der Waals surface area contributed by atoms with Gasteiger partial charge in [0.25, 0.3) is 0 Å². The van der Waals surface area contributed by atoms with Gasteiger partial charge in [-0.1, -0.05) is 0 Å². The predicted molar refractivity (Wildman–Crippen MR) is 105 cm³/mol. The van der Waals surface area contributed by atoms with Gasteiger partial charge in [0.15, 0.2) is 23.0 Å². The maximum atomic E-state index is 12.7. The molecule has 0 spiro atoms. The lowest BCUT2D eigenvalue weighted by molar-refractivity contribution is -0.114. The number of hydrogen-bond acceptors (Lipinski definition) is 8. The van der Waals surface area contributed by atoms with Crippen molar-refractivity contribution in [3.05, 3.63) is 35.4 Å². The molecular formula is C21H24O8. The van der Waals surface area contributed by atoms with Crippen LogP contribution < -0.4 is 28.4 Å². The summed E-state index contributed by atoms with van der Waals surface area (Å²) in [6.07, 6.45) is -0.147. The SMILES string of the molecule is COc1cc(CC(=O)C(=O)c2cc(OC)c(OC)c(OC)c2)cc(OC)c1OC. The molecule has 0 aliphatic carbocycles. The van der Waals surface area contributed by atoms with E-state index >= 15 is 0 Å². The van der Waals surface area contributed by atoms with E-state index in [-0.39, 0.29) is 23.5 Å². The summed E-state index contributed by atoms with van der Waals surface area (Å²) in [4.78, 5) is 25.4. The summed E-state index contributed by atoms with van der Waals surface area (Å²) in [6.45, 7) is 0. The summed E-state index contributed by atoms with van der Waals surface area (Å²) < 4.78 is 31.5. The Morgan fingerprint density at radius 1 is 0.621 bits per heavy atom. The van der Waals surface area contributed by atoms with E-state index in [4.69, 9.17) is 28.4 Å². The number of ether oxygens (including phenoxy) is 6. The topological polar surface area (TPSA) is 89.5 Å². The van der Waals surface area contributed by atoms with Crippen LogP contribution in [0.25, 0.3) is 0 Å². The lowest BCUT2D eigenvalue weighted by atomic mass is 10.00. The molecule has 0 aromatic heterocycles. The van der Waals surface area contributed by atoms with Crippen molar-refractivity contribution in [1.82, 2.24) is 0 Å². The summed E-state index contributed by atoms with van der Waals surface area (Å²) in [6, 6.07) is 6.14. The summed E-state index contributed by atoms with van der Waals surface area (Å²) >= 11 is 0. The molecule has 0 atom stereocenters. The molecule has 0 amide bonds. The van der Waals surface area contributed by atoms with Gasteiger partial charge in [0.2, 0.25) is 23.1 Å². The standard InChI is InChI=1S/C21H24O8/c1-24-15-8-12(9-16(25-2)20(15)28-5)7-14(22)19(23)13-10-17(26-3)21(29-6)18(11-13)27-4/h8-11H,7H2,1-6H3. The van der Waals surface area contributed by atoms with E-state index in [9.17, 15) is 9.59 Å². The van der Waals surface area contributed by atoms with Crippen molar-refractivity contribution in [3.63, 3.8) is 0 Å². The fourth-order valence-corrected chi connectivity index (χ4v) is 2.88. The van der Waals surface area contributed by atoms with Gasteiger partial charge in [-0.2, -0.15) is 0 Å². The Hall–Kier alpha value is -3.42. The van der Waals surface area contributed by atoms with Crippen LogP contribution in [0, 0.1) is 0 Å². The van der Waals surface area contributed by atoms with Gasteiger partial charge in [0.05, 0.1) is 42.7 Å². The molecule has 2 aromatic carbocycles. The number of rotatable bonds is 10. The highest BCUT2D eigenvalue weighted by atomic mass is 16.5. The van der Waals surface area contributed by atoms with Crippen LogP contribution in [0.4, 0.5) is 0 Å². The molecule has 2 aromatic rings. The number of hydrogen-bond donors (Lipinski definition) is 0. The average molecular weight is 404 g/mol. The number of carbonyl (C=O) groups excluding carboxylic acids is 2. The smallest absolute Gasteiger partial charge is 0.229 e. The van der Waals surface area contributed by atoms with Crippen molar-refractivity contribution >= 4 is 11.6 Å². The molecule has 0 aliphatic rings. The van der Waals surface area contributed by atoms with E-state index < -0.39 is 11.6 Å². The zero-order valence-electron chi connectivity index (χ0n) is 17.3. The minimum atomic E-state index is -0.682. The number of benzene rings is 2. The Kier molecular flexibility index (Phi) is 7.30. The molecule has 0 fully saturated rings. The number of ketones is 2. The molecule has 0 saturated carbocycles. The number of methoxy groups -OCH3 is 6. The van der Waals surface area contributed by atoms with Crippen LogP contribution in [0.1, 0.15) is 15.9 Å². The van der Waals surface area contributed by atoms with Crippen LogP contribution in [-0.2, 0) is 11.2 Å². The number of Topliss-reactive ketones (excluding diaryl/α,β-unsaturated/α-hetero) is 2. The van der Waals surface area contributed by atoms with Crippen LogP contribution in [0.5, 0.6) is 34.5 Å². The van der Waals surface area contributed by atoms with E-state index in [1.807, 2.05) is 0 Å². The monoisotopic (exact) mass is 404 g/mol. The third-order valence-corrected chi connectivity index (χ3v) is 4.27. The van der Waals surface area contributed by atoms with Gasteiger partial charge in [0.1, 0.15) is 0 Å². The van der Waals surface area contributed by atoms with E-state index in [1.165, 1.54) is 54.8 Å². The molecule has 8 heteroatoms. The summed E-state index contributed by atoms with van der Waals surface area (Å²) in [5.74, 6) is 0.814. The van der Waals surface area contributed by atoms with E-state index in [1.54, 1.807) is 12.1 Å². The Morgan fingerprint density at radius 3 is 1.34 bits per heavy atom. The molecule has 0 N–H and O–H groups in total. The highest BCUT2D eigenvalue weighted by Gasteiger charge is 2.23. The fourth-order valence-electron chi connectivity index (χ4n) is 2.88. The largest absolute Gasteiger partial charge is 0.493 e. The first kappa shape index (κ1) is 21.9. The molecule has 0 aliphatic heterocycles. The maximum absolute atomic E-state index is 12.7. The predicted octanol–water partition coefficient (Wildman–Crippen LogP) is 2.73. The third kappa shape index (κ3) is 4.53. The second-order valence-corrected chi connectivity index (χ2v) is 5.88. The molecule has 29 heavy (non-hydrogen) atoms. The Bertz CT molecular complexity index is 854. The number of carbonyl (C=O) groups is 2. The van der Waals surface area contributed by atoms with Gasteiger partial charge in [0, 0.05) is 12.0 Å². The zero-order valence-corrected chi connectivity index (χ0v) is 17.3. The highest BCUT2D eigenvalue weighted by molar-refractivity contribution is 6.44. The summed E-state index contributed by atoms with van der Waals surface area (Å²) in [5, 5.41) is 0. The van der Waals surface area contributed by atoms with Crippen molar-refractivity contribution in [2.45, 2.75) is 6.42 Å². The van der Waals surface area contributed by atoms with Gasteiger partial charge in [-0.3, -0.25) is 9.59 Å². The minimum Gasteiger partial charge on any atom is -0.493 e. The van der Waals surface area contributed by atoms with Crippen molar-refractivity contribution in [1.29, 1.82) is 0 Å². The fraction of sp³-hybridized carbons (Fsp3) is 0.333. The third-order valence-electron chi connectivity index (χ3n) is 4.27. The molecule has 0 saturated heterocycles. The first-order valence-electron chi connectivity index (χ1n) is 8.60. The average Bonchev–Trinajstić information content (AvgIpc) is 2.76. The van der Waals surface area contributed by atoms with Crippen molar-refractivity contribution in [2.24, 2.45) is 0 Å². The Morgan fingerprint density at radius 2 is 1.00 bits per heavy atom. The first-order chi connectivity index (χ1) is 13.9. The van der Waals surface area contributed by atoms with Crippen molar-refractivity contribution in [3.8, 4) is 34.5 Å². The van der Waals surface area contributed by atoms with E-state index in [2.05, 4.69) is 0 Å². The van der Waals surface area contributed by atoms with Gasteiger partial charge in [-0.05, 0) is 29.8 Å². The molecule has 0 bridgehead atoms. The van der Waals surface area contributed by atoms with Crippen LogP contribution >= 0.6 is 0 Å². The molecule has 0 unspecified atom stereocenters. The molecule has 8 nitrogen and oxygen atoms in total. The zero-order chi connectivity index (χ0) is 21.6. The second-order valence-electron chi connectivity index (χ2n) is 5.88. The van der Waals surface area contributed by atoms with Crippen LogP contribution in [0.2, 0.25) is 0 Å². The summed E-state index contributed by atoms with van der Waals surface area (Å²) in [5.41, 5.74) is 0.683. The quantitative estimate of drug-likeness (QED) is 0.441. The van der Waals surface area contributed by atoms with E-state index in [0.29, 0.717) is 28.6 Å². The summed E-state index contributed by atoms with van der Waals surface area (Å²) in [7, 11) is 8.76. The highest BCUT2D eigenvalue weighted by Crippen LogP contribution is 2.39. The van der Waals surface area contributed by atoms with Gasteiger partial charge < -0.3 is 28.4 Å². The molecule has 2 rings (SSSR count). The molecule has 0 heterocycles. The van der Waals surface area contributed by atoms with E-state index in [0.717, 1.165) is 0 Å². The molecule has 0 radical (unpaired) electrons. The lowest BCUT2D eigenvalue weighted by Gasteiger charge is -2.14. The van der Waals surface area contributed by atoms with Gasteiger partial charge >= 0.3 is 0 Å². The molecule has 156 valence electrons. The second kappa shape index (κ2) is 9.68. The van der Waals surface area contributed by atoms with Gasteiger partial charge in [-0.15, -0.1) is 0 Å². The maximum Gasteiger partial charge on any atom is 0.229 e. The normalized spacial score (nSPS) is 10.1. The van der Waals surface area contributed by atoms with Gasteiger partial charge in [-0.25, -0.2) is 0 Å². The first-order valence-corrected chi connectivity index (χ1v) is 8.60. The molecular weight excluding hydrogens is 380 g/mol. The Labute approximate surface area is 169 Å². The van der Waals surface area contributed by atoms with Crippen molar-refractivity contribution in [2.75, 3.05) is 42.7 Å².